The highest BCUT2D eigenvalue weighted by Gasteiger charge is 2.22. The van der Waals surface area contributed by atoms with Crippen molar-refractivity contribution in [3.8, 4) is 5.75 Å². The van der Waals surface area contributed by atoms with E-state index >= 15 is 0 Å². The summed E-state index contributed by atoms with van der Waals surface area (Å²) in [5, 5.41) is 8.37. The summed E-state index contributed by atoms with van der Waals surface area (Å²) in [6.07, 6.45) is 0.807. The molecule has 0 aliphatic heterocycles. The van der Waals surface area contributed by atoms with Crippen LogP contribution in [-0.4, -0.2) is 35.7 Å². The zero-order valence-electron chi connectivity index (χ0n) is 11.4. The Kier molecular flexibility index (Phi) is 4.27. The molecule has 22 heavy (non-hydrogen) atoms. The number of carboxylic acids is 1. The Morgan fingerprint density at radius 2 is 1.95 bits per heavy atom. The molecule has 0 aliphatic rings. The minimum absolute atomic E-state index is 0.0515. The monoisotopic (exact) mass is 324 g/mol. The van der Waals surface area contributed by atoms with Gasteiger partial charge in [-0.1, -0.05) is 30.3 Å². The summed E-state index contributed by atoms with van der Waals surface area (Å²) in [6.45, 7) is -0.0515. The number of hydrogen-bond donors (Lipinski definition) is 2. The van der Waals surface area contributed by atoms with E-state index in [2.05, 4.69) is 4.98 Å². The van der Waals surface area contributed by atoms with Crippen LogP contribution in [0.5, 0.6) is 5.75 Å². The quantitative estimate of drug-likeness (QED) is 0.764. The number of H-pyrrole nitrogens is 1. The summed E-state index contributed by atoms with van der Waals surface area (Å²) in [7, 11) is -3.85. The van der Waals surface area contributed by atoms with Gasteiger partial charge in [0, 0.05) is 6.26 Å². The minimum Gasteiger partial charge on any atom is -0.481 e. The average Bonchev–Trinajstić information content (AvgIpc) is 2.45. The molecule has 1 aromatic heterocycles. The lowest BCUT2D eigenvalue weighted by Crippen LogP contribution is -2.22. The first-order valence-electron chi connectivity index (χ1n) is 6.03. The maximum atomic E-state index is 11.9. The number of nitrogens with zero attached hydrogens (tertiary/aromatic N) is 1. The van der Waals surface area contributed by atoms with E-state index in [1.807, 2.05) is 4.98 Å². The molecule has 0 bridgehead atoms. The molecule has 9 heteroatoms. The Morgan fingerprint density at radius 3 is 2.50 bits per heavy atom. The van der Waals surface area contributed by atoms with Gasteiger partial charge in [-0.2, -0.15) is 0 Å². The molecule has 0 saturated carbocycles. The Morgan fingerprint density at radius 1 is 1.32 bits per heavy atom. The van der Waals surface area contributed by atoms with Gasteiger partial charge in [0.05, 0.1) is 0 Å². The van der Waals surface area contributed by atoms with Crippen LogP contribution in [0.4, 0.5) is 0 Å². The molecule has 2 rings (SSSR count). The number of ether oxygens (including phenoxy) is 1. The number of aromatic amines is 1. The fourth-order valence-electron chi connectivity index (χ4n) is 1.63. The number of carboxylic acid groups (broad SMARTS) is 1. The largest absolute Gasteiger partial charge is 0.481 e. The number of benzene rings is 1. The van der Waals surface area contributed by atoms with E-state index in [1.165, 1.54) is 0 Å². The molecule has 8 nitrogen and oxygen atoms in total. The van der Waals surface area contributed by atoms with Crippen LogP contribution < -0.4 is 10.3 Å². The Bertz CT molecular complexity index is 858. The highest BCUT2D eigenvalue weighted by molar-refractivity contribution is 7.90. The number of carbonyl (C=O) groups is 1. The standard InChI is InChI=1S/C13H12N2O6S/c1-22(19,20)13-14-9(12(17)18)10(11(16)15-13)21-7-8-5-3-2-4-6-8/h2-6H,7H2,1H3,(H,17,18)(H,14,15,16). The first-order valence-corrected chi connectivity index (χ1v) is 7.92. The lowest BCUT2D eigenvalue weighted by Gasteiger charge is -2.08. The molecule has 116 valence electrons. The van der Waals surface area contributed by atoms with Crippen molar-refractivity contribution in [2.24, 2.45) is 0 Å². The first-order chi connectivity index (χ1) is 10.3. The van der Waals surface area contributed by atoms with Gasteiger partial charge >= 0.3 is 5.97 Å². The minimum atomic E-state index is -3.85. The van der Waals surface area contributed by atoms with Crippen molar-refractivity contribution in [1.82, 2.24) is 9.97 Å². The molecule has 0 saturated heterocycles. The summed E-state index contributed by atoms with van der Waals surface area (Å²) in [4.78, 5) is 28.5. The molecule has 2 aromatic rings. The van der Waals surface area contributed by atoms with Crippen molar-refractivity contribution in [2.75, 3.05) is 6.26 Å². The second kappa shape index (κ2) is 5.98. The maximum absolute atomic E-state index is 11.9. The second-order valence-corrected chi connectivity index (χ2v) is 6.33. The van der Waals surface area contributed by atoms with Crippen LogP contribution in [-0.2, 0) is 16.4 Å². The fraction of sp³-hybridized carbons (Fsp3) is 0.154. The summed E-state index contributed by atoms with van der Waals surface area (Å²) in [6, 6.07) is 8.76. The Balaban J connectivity index is 2.43. The van der Waals surface area contributed by atoms with E-state index in [-0.39, 0.29) is 6.61 Å². The van der Waals surface area contributed by atoms with Crippen molar-refractivity contribution in [2.45, 2.75) is 11.8 Å². The molecule has 0 atom stereocenters. The van der Waals surface area contributed by atoms with E-state index in [9.17, 15) is 18.0 Å². The van der Waals surface area contributed by atoms with Crippen molar-refractivity contribution in [3.05, 3.63) is 51.9 Å². The number of aromatic carboxylic acids is 1. The Labute approximate surface area is 125 Å². The van der Waals surface area contributed by atoms with Gasteiger partial charge in [-0.25, -0.2) is 18.2 Å². The van der Waals surface area contributed by atoms with Crippen LogP contribution in [0.1, 0.15) is 16.1 Å². The van der Waals surface area contributed by atoms with Gasteiger partial charge in [0.25, 0.3) is 5.56 Å². The van der Waals surface area contributed by atoms with Gasteiger partial charge in [0.1, 0.15) is 6.61 Å². The summed E-state index contributed by atoms with van der Waals surface area (Å²) >= 11 is 0. The summed E-state index contributed by atoms with van der Waals surface area (Å²) in [5.74, 6) is -2.09. The third kappa shape index (κ3) is 3.50. The highest BCUT2D eigenvalue weighted by Crippen LogP contribution is 2.14. The molecule has 0 spiro atoms. The first kappa shape index (κ1) is 15.7. The summed E-state index contributed by atoms with van der Waals surface area (Å²) in [5.41, 5.74) is -1.01. The van der Waals surface area contributed by atoms with Gasteiger partial charge in [-0.15, -0.1) is 0 Å². The van der Waals surface area contributed by atoms with Crippen LogP contribution in [0.15, 0.2) is 40.3 Å². The van der Waals surface area contributed by atoms with E-state index < -0.39 is 38.0 Å². The molecule has 1 heterocycles. The van der Waals surface area contributed by atoms with Crippen LogP contribution in [0, 0.1) is 0 Å². The van der Waals surface area contributed by atoms with E-state index in [1.54, 1.807) is 30.3 Å². The van der Waals surface area contributed by atoms with Crippen LogP contribution in [0.2, 0.25) is 0 Å². The molecule has 0 amide bonds. The second-order valence-electron chi connectivity index (χ2n) is 4.40. The summed E-state index contributed by atoms with van der Waals surface area (Å²) < 4.78 is 28.0. The topological polar surface area (TPSA) is 126 Å². The third-order valence-corrected chi connectivity index (χ3v) is 3.53. The van der Waals surface area contributed by atoms with E-state index in [4.69, 9.17) is 9.84 Å². The molecular weight excluding hydrogens is 312 g/mol. The molecule has 2 N–H and O–H groups in total. The SMILES string of the molecule is CS(=O)(=O)c1nc(C(=O)O)c(OCc2ccccc2)c(=O)[nH]1. The van der Waals surface area contributed by atoms with Gasteiger partial charge < -0.3 is 9.84 Å². The van der Waals surface area contributed by atoms with Crippen LogP contribution in [0.3, 0.4) is 0 Å². The smallest absolute Gasteiger partial charge is 0.358 e. The van der Waals surface area contributed by atoms with Crippen LogP contribution >= 0.6 is 0 Å². The number of rotatable bonds is 5. The Hall–Kier alpha value is -2.68. The lowest BCUT2D eigenvalue weighted by atomic mass is 10.2. The zero-order chi connectivity index (χ0) is 16.3. The fourth-order valence-corrected chi connectivity index (χ4v) is 2.16. The maximum Gasteiger partial charge on any atom is 0.358 e. The van der Waals surface area contributed by atoms with Crippen molar-refractivity contribution >= 4 is 15.8 Å². The zero-order valence-corrected chi connectivity index (χ0v) is 12.3. The molecular formula is C13H12N2O6S. The van der Waals surface area contributed by atoms with Crippen molar-refractivity contribution < 1.29 is 23.1 Å². The van der Waals surface area contributed by atoms with Gasteiger partial charge in [0.15, 0.2) is 5.69 Å². The predicted octanol–water partition coefficient (Wildman–Crippen LogP) is 0.451. The highest BCUT2D eigenvalue weighted by atomic mass is 32.2. The molecule has 0 radical (unpaired) electrons. The predicted molar refractivity (Wildman–Crippen MR) is 75.7 cm³/mol. The molecule has 1 aromatic carbocycles. The van der Waals surface area contributed by atoms with Crippen molar-refractivity contribution in [3.63, 3.8) is 0 Å². The van der Waals surface area contributed by atoms with Crippen LogP contribution in [0.25, 0.3) is 0 Å². The van der Waals surface area contributed by atoms with E-state index in [0.29, 0.717) is 5.56 Å². The van der Waals surface area contributed by atoms with Gasteiger partial charge in [0.2, 0.25) is 20.7 Å². The lowest BCUT2D eigenvalue weighted by molar-refractivity contribution is 0.0683. The number of hydrogen-bond acceptors (Lipinski definition) is 6. The number of sulfone groups is 1. The molecule has 0 fully saturated rings. The average molecular weight is 324 g/mol. The van der Waals surface area contributed by atoms with Gasteiger partial charge in [-0.05, 0) is 5.56 Å². The normalized spacial score (nSPS) is 11.1. The van der Waals surface area contributed by atoms with Gasteiger partial charge in [-0.3, -0.25) is 9.78 Å². The molecule has 0 aliphatic carbocycles. The number of nitrogens with one attached hydrogen (secondary N) is 1. The molecule has 0 unspecified atom stereocenters. The van der Waals surface area contributed by atoms with Crippen molar-refractivity contribution in [1.29, 1.82) is 0 Å². The number of aromatic nitrogens is 2. The van der Waals surface area contributed by atoms with E-state index in [0.717, 1.165) is 6.26 Å². The third-order valence-electron chi connectivity index (χ3n) is 2.63.